The molecule has 0 atom stereocenters. The van der Waals surface area contributed by atoms with Gasteiger partial charge in [0, 0.05) is 53.9 Å². The molecule has 0 aliphatic rings. The average molecular weight is 468 g/mol. The third kappa shape index (κ3) is 7.69. The summed E-state index contributed by atoms with van der Waals surface area (Å²) in [6.07, 6.45) is 2.63. The van der Waals surface area contributed by atoms with Crippen molar-refractivity contribution in [2.45, 2.75) is 24.0 Å². The second kappa shape index (κ2) is 12.7. The van der Waals surface area contributed by atoms with Crippen molar-refractivity contribution < 1.29 is 19.0 Å². The molecule has 2 aromatic carbocycles. The summed E-state index contributed by atoms with van der Waals surface area (Å²) in [4.78, 5) is 17.8. The third-order valence-corrected chi connectivity index (χ3v) is 5.87. The van der Waals surface area contributed by atoms with Gasteiger partial charge in [-0.3, -0.25) is 4.98 Å². The first-order chi connectivity index (χ1) is 16.1. The van der Waals surface area contributed by atoms with Crippen LogP contribution in [0.5, 0.6) is 11.5 Å². The highest BCUT2D eigenvalue weighted by Gasteiger charge is 2.08. The van der Waals surface area contributed by atoms with Crippen molar-refractivity contribution in [3.8, 4) is 11.5 Å². The Kier molecular flexibility index (Phi) is 9.41. The molecule has 0 aliphatic heterocycles. The Hall–Kier alpha value is -3.23. The Labute approximate surface area is 198 Å². The predicted molar refractivity (Wildman–Crippen MR) is 133 cm³/mol. The maximum atomic E-state index is 12.2. The van der Waals surface area contributed by atoms with Crippen LogP contribution in [-0.4, -0.2) is 38.4 Å². The molecular weight excluding hydrogens is 438 g/mol. The molecule has 3 aromatic rings. The van der Waals surface area contributed by atoms with Gasteiger partial charge in [-0.05, 0) is 61.5 Å². The molecule has 2 N–H and O–H groups in total. The van der Waals surface area contributed by atoms with E-state index in [1.807, 2.05) is 37.3 Å². The number of carbonyl (C=O) groups is 1. The van der Waals surface area contributed by atoms with Gasteiger partial charge in [-0.2, -0.15) is 0 Å². The van der Waals surface area contributed by atoms with Crippen molar-refractivity contribution in [2.75, 3.05) is 38.1 Å². The molecule has 0 spiro atoms. The number of thioether (sulfide) groups is 1. The number of methoxy groups -OCH3 is 2. The van der Waals surface area contributed by atoms with Gasteiger partial charge in [-0.15, -0.1) is 11.8 Å². The van der Waals surface area contributed by atoms with Crippen molar-refractivity contribution in [1.29, 1.82) is 0 Å². The van der Waals surface area contributed by atoms with Gasteiger partial charge in [-0.25, -0.2) is 4.79 Å². The number of amides is 2. The van der Waals surface area contributed by atoms with E-state index in [2.05, 4.69) is 15.6 Å². The van der Waals surface area contributed by atoms with Crippen LogP contribution in [0.4, 0.5) is 16.2 Å². The lowest BCUT2D eigenvalue weighted by Gasteiger charge is -2.12. The average Bonchev–Trinajstić information content (AvgIpc) is 2.83. The van der Waals surface area contributed by atoms with Crippen LogP contribution in [0, 0.1) is 6.92 Å². The van der Waals surface area contributed by atoms with E-state index in [-0.39, 0.29) is 6.03 Å². The predicted octanol–water partition coefficient (Wildman–Crippen LogP) is 5.75. The van der Waals surface area contributed by atoms with Crippen LogP contribution in [0.1, 0.15) is 17.7 Å². The maximum Gasteiger partial charge on any atom is 0.323 e. The van der Waals surface area contributed by atoms with E-state index in [4.69, 9.17) is 14.2 Å². The van der Waals surface area contributed by atoms with E-state index >= 15 is 0 Å². The van der Waals surface area contributed by atoms with E-state index in [0.717, 1.165) is 39.8 Å². The highest BCUT2D eigenvalue weighted by atomic mass is 32.2. The first kappa shape index (κ1) is 24.4. The number of hydrogen-bond donors (Lipinski definition) is 2. The summed E-state index contributed by atoms with van der Waals surface area (Å²) >= 11 is 1.68. The van der Waals surface area contributed by atoms with E-state index in [0.29, 0.717) is 24.6 Å². The summed E-state index contributed by atoms with van der Waals surface area (Å²) in [5, 5.41) is 5.63. The molecule has 1 heterocycles. The van der Waals surface area contributed by atoms with Crippen LogP contribution in [0.25, 0.3) is 0 Å². The zero-order chi connectivity index (χ0) is 23.5. The van der Waals surface area contributed by atoms with Gasteiger partial charge in [0.15, 0.2) is 0 Å². The van der Waals surface area contributed by atoms with E-state index in [1.165, 1.54) is 0 Å². The summed E-state index contributed by atoms with van der Waals surface area (Å²) in [5.74, 6) is 2.33. The summed E-state index contributed by atoms with van der Waals surface area (Å²) in [6.45, 7) is 3.33. The minimum absolute atomic E-state index is 0.303. The fourth-order valence-electron chi connectivity index (χ4n) is 3.00. The molecule has 0 saturated heterocycles. The SMILES string of the molecule is COCCCOc1ccnc(CSc2ccc(NC(=O)Nc3ccc(OC)cc3)cc2)c1C. The summed E-state index contributed by atoms with van der Waals surface area (Å²) < 4.78 is 16.0. The highest BCUT2D eigenvalue weighted by Crippen LogP contribution is 2.28. The van der Waals surface area contributed by atoms with Crippen LogP contribution < -0.4 is 20.1 Å². The number of aromatic nitrogens is 1. The maximum absolute atomic E-state index is 12.2. The molecule has 0 unspecified atom stereocenters. The molecule has 174 valence electrons. The number of ether oxygens (including phenoxy) is 3. The lowest BCUT2D eigenvalue weighted by atomic mass is 10.2. The van der Waals surface area contributed by atoms with Crippen molar-refractivity contribution in [1.82, 2.24) is 4.98 Å². The summed E-state index contributed by atoms with van der Waals surface area (Å²) in [6, 6.07) is 16.5. The number of benzene rings is 2. The summed E-state index contributed by atoms with van der Waals surface area (Å²) in [5.41, 5.74) is 3.44. The standard InChI is InChI=1S/C25H29N3O4S/c1-18-23(26-14-13-24(18)32-16-4-15-30-2)17-33-22-11-7-20(8-12-22)28-25(29)27-19-5-9-21(31-3)10-6-19/h5-14H,4,15-17H2,1-3H3,(H2,27,28,29). The zero-order valence-corrected chi connectivity index (χ0v) is 19.9. The molecule has 7 nitrogen and oxygen atoms in total. The van der Waals surface area contributed by atoms with Gasteiger partial charge in [0.2, 0.25) is 0 Å². The lowest BCUT2D eigenvalue weighted by molar-refractivity contribution is 0.172. The fraction of sp³-hybridized carbons (Fsp3) is 0.280. The van der Waals surface area contributed by atoms with Gasteiger partial charge in [0.1, 0.15) is 11.5 Å². The first-order valence-electron chi connectivity index (χ1n) is 10.6. The number of pyridine rings is 1. The smallest absolute Gasteiger partial charge is 0.323 e. The number of rotatable bonds is 11. The Bertz CT molecular complexity index is 1030. The molecular formula is C25H29N3O4S. The van der Waals surface area contributed by atoms with Gasteiger partial charge >= 0.3 is 6.03 Å². The second-order valence-electron chi connectivity index (χ2n) is 7.20. The number of hydrogen-bond acceptors (Lipinski definition) is 6. The largest absolute Gasteiger partial charge is 0.497 e. The van der Waals surface area contributed by atoms with Crippen molar-refractivity contribution >= 4 is 29.2 Å². The molecule has 8 heteroatoms. The Balaban J connectivity index is 1.49. The molecule has 3 rings (SSSR count). The number of nitrogens with zero attached hydrogens (tertiary/aromatic N) is 1. The fourth-order valence-corrected chi connectivity index (χ4v) is 3.92. The number of anilines is 2. The number of nitrogens with one attached hydrogen (secondary N) is 2. The number of carbonyl (C=O) groups excluding carboxylic acids is 1. The highest BCUT2D eigenvalue weighted by molar-refractivity contribution is 7.98. The molecule has 0 radical (unpaired) electrons. The van der Waals surface area contributed by atoms with Crippen molar-refractivity contribution in [3.05, 3.63) is 72.1 Å². The minimum atomic E-state index is -0.303. The van der Waals surface area contributed by atoms with Crippen LogP contribution in [0.15, 0.2) is 65.7 Å². The second-order valence-corrected chi connectivity index (χ2v) is 8.25. The van der Waals surface area contributed by atoms with E-state index in [9.17, 15) is 4.79 Å². The van der Waals surface area contributed by atoms with Gasteiger partial charge in [0.05, 0.1) is 19.4 Å². The van der Waals surface area contributed by atoms with Gasteiger partial charge in [0.25, 0.3) is 0 Å². The molecule has 33 heavy (non-hydrogen) atoms. The lowest BCUT2D eigenvalue weighted by Crippen LogP contribution is -2.19. The molecule has 0 aliphatic carbocycles. The quantitative estimate of drug-likeness (QED) is 0.276. The third-order valence-electron chi connectivity index (χ3n) is 4.84. The first-order valence-corrected chi connectivity index (χ1v) is 11.6. The minimum Gasteiger partial charge on any atom is -0.497 e. The van der Waals surface area contributed by atoms with Crippen LogP contribution >= 0.6 is 11.8 Å². The van der Waals surface area contributed by atoms with Gasteiger partial charge < -0.3 is 24.8 Å². The Morgan fingerprint density at radius 3 is 2.24 bits per heavy atom. The van der Waals surface area contributed by atoms with E-state index in [1.54, 1.807) is 56.4 Å². The zero-order valence-electron chi connectivity index (χ0n) is 19.1. The molecule has 1 aromatic heterocycles. The topological polar surface area (TPSA) is 81.7 Å². The molecule has 0 bridgehead atoms. The van der Waals surface area contributed by atoms with E-state index < -0.39 is 0 Å². The van der Waals surface area contributed by atoms with Crippen molar-refractivity contribution in [2.24, 2.45) is 0 Å². The van der Waals surface area contributed by atoms with Crippen molar-refractivity contribution in [3.63, 3.8) is 0 Å². The van der Waals surface area contributed by atoms with Crippen LogP contribution in [0.3, 0.4) is 0 Å². The number of urea groups is 1. The Morgan fingerprint density at radius 1 is 0.939 bits per heavy atom. The van der Waals surface area contributed by atoms with Gasteiger partial charge in [-0.1, -0.05) is 0 Å². The molecule has 2 amide bonds. The Morgan fingerprint density at radius 2 is 1.61 bits per heavy atom. The van der Waals surface area contributed by atoms with Crippen LogP contribution in [-0.2, 0) is 10.5 Å². The van der Waals surface area contributed by atoms with Crippen LogP contribution in [0.2, 0.25) is 0 Å². The summed E-state index contributed by atoms with van der Waals surface area (Å²) in [7, 11) is 3.29. The normalized spacial score (nSPS) is 10.5. The molecule has 0 fully saturated rings. The monoisotopic (exact) mass is 467 g/mol. The molecule has 0 saturated carbocycles.